The molecule has 0 aliphatic rings. The minimum absolute atomic E-state index is 0.0805. The zero-order valence-corrected chi connectivity index (χ0v) is 12.2. The van der Waals surface area contributed by atoms with E-state index in [-0.39, 0.29) is 6.04 Å². The Kier molecular flexibility index (Phi) is 3.78. The summed E-state index contributed by atoms with van der Waals surface area (Å²) in [6.45, 7) is 1.90. The summed E-state index contributed by atoms with van der Waals surface area (Å²) in [7, 11) is 0. The summed E-state index contributed by atoms with van der Waals surface area (Å²) in [6.07, 6.45) is 0. The Morgan fingerprint density at radius 2 is 2.19 bits per heavy atom. The van der Waals surface area contributed by atoms with Crippen molar-refractivity contribution in [3.8, 4) is 10.6 Å². The Morgan fingerprint density at radius 3 is 2.81 bits per heavy atom. The highest BCUT2D eigenvalue weighted by Crippen LogP contribution is 2.31. The number of rotatable bonds is 2. The van der Waals surface area contributed by atoms with E-state index in [2.05, 4.69) is 32.8 Å². The molecule has 3 nitrogen and oxygen atoms in total. The predicted octanol–water partition coefficient (Wildman–Crippen LogP) is 3.48. The molecule has 2 rings (SSSR count). The van der Waals surface area contributed by atoms with Gasteiger partial charge in [-0.3, -0.25) is 0 Å². The Bertz CT molecular complexity index is 513. The van der Waals surface area contributed by atoms with E-state index in [0.717, 1.165) is 19.1 Å². The number of aromatic nitrogens is 2. The lowest BCUT2D eigenvalue weighted by atomic mass is 10.2. The molecule has 6 heteroatoms. The SMILES string of the molecule is CC(N)c1nnc(-c2cc(Cl)ccc2I)s1. The fourth-order valence-electron chi connectivity index (χ4n) is 1.19. The molecule has 1 atom stereocenters. The van der Waals surface area contributed by atoms with Crippen molar-refractivity contribution in [2.75, 3.05) is 0 Å². The molecule has 0 saturated carbocycles. The van der Waals surface area contributed by atoms with Crippen LogP contribution >= 0.6 is 45.5 Å². The lowest BCUT2D eigenvalue weighted by molar-refractivity contribution is 0.786. The van der Waals surface area contributed by atoms with E-state index in [1.165, 1.54) is 11.3 Å². The maximum atomic E-state index is 5.96. The zero-order valence-electron chi connectivity index (χ0n) is 8.45. The Morgan fingerprint density at radius 1 is 1.44 bits per heavy atom. The molecule has 1 aromatic carbocycles. The molecular formula is C10H9ClIN3S. The Hall–Kier alpha value is -0.240. The van der Waals surface area contributed by atoms with Crippen molar-refractivity contribution >= 4 is 45.5 Å². The second-order valence-electron chi connectivity index (χ2n) is 3.36. The van der Waals surface area contributed by atoms with Crippen LogP contribution in [0.2, 0.25) is 5.02 Å². The lowest BCUT2D eigenvalue weighted by Crippen LogP contribution is -2.03. The van der Waals surface area contributed by atoms with Gasteiger partial charge >= 0.3 is 0 Å². The number of benzene rings is 1. The molecule has 0 saturated heterocycles. The fourth-order valence-corrected chi connectivity index (χ4v) is 2.96. The topological polar surface area (TPSA) is 51.8 Å². The van der Waals surface area contributed by atoms with Gasteiger partial charge < -0.3 is 5.73 Å². The third-order valence-electron chi connectivity index (χ3n) is 1.99. The predicted molar refractivity (Wildman–Crippen MR) is 75.7 cm³/mol. The van der Waals surface area contributed by atoms with Crippen LogP contribution < -0.4 is 5.73 Å². The highest BCUT2D eigenvalue weighted by Gasteiger charge is 2.12. The molecule has 1 heterocycles. The molecule has 0 aliphatic carbocycles. The zero-order chi connectivity index (χ0) is 11.7. The molecule has 0 bridgehead atoms. The molecule has 1 aromatic heterocycles. The first-order valence-electron chi connectivity index (χ1n) is 4.62. The first-order valence-corrected chi connectivity index (χ1v) is 6.89. The Balaban J connectivity index is 2.46. The summed E-state index contributed by atoms with van der Waals surface area (Å²) >= 11 is 9.73. The normalized spacial score (nSPS) is 12.8. The third kappa shape index (κ3) is 2.53. The molecule has 2 aromatic rings. The summed E-state index contributed by atoms with van der Waals surface area (Å²) in [5.74, 6) is 0. The number of nitrogens with zero attached hydrogens (tertiary/aromatic N) is 2. The second kappa shape index (κ2) is 4.95. The Labute approximate surface area is 116 Å². The highest BCUT2D eigenvalue weighted by molar-refractivity contribution is 14.1. The minimum Gasteiger partial charge on any atom is -0.322 e. The van der Waals surface area contributed by atoms with Crippen LogP contribution in [0.3, 0.4) is 0 Å². The number of halogens is 2. The monoisotopic (exact) mass is 365 g/mol. The van der Waals surface area contributed by atoms with Gasteiger partial charge in [-0.15, -0.1) is 10.2 Å². The van der Waals surface area contributed by atoms with Crippen LogP contribution in [0.4, 0.5) is 0 Å². The first kappa shape index (κ1) is 12.2. The molecule has 0 amide bonds. The highest BCUT2D eigenvalue weighted by atomic mass is 127. The van der Waals surface area contributed by atoms with Crippen molar-refractivity contribution in [3.05, 3.63) is 31.8 Å². The molecular weight excluding hydrogens is 357 g/mol. The largest absolute Gasteiger partial charge is 0.322 e. The lowest BCUT2D eigenvalue weighted by Gasteiger charge is -2.00. The van der Waals surface area contributed by atoms with Gasteiger partial charge in [0.25, 0.3) is 0 Å². The second-order valence-corrected chi connectivity index (χ2v) is 5.97. The van der Waals surface area contributed by atoms with Gasteiger partial charge in [0, 0.05) is 14.2 Å². The first-order chi connectivity index (χ1) is 7.58. The van der Waals surface area contributed by atoms with Gasteiger partial charge in [-0.2, -0.15) is 0 Å². The van der Waals surface area contributed by atoms with Gasteiger partial charge in [0.15, 0.2) is 0 Å². The standard InChI is InChI=1S/C10H9ClIN3S/c1-5(13)9-14-15-10(16-9)7-4-6(11)2-3-8(7)12/h2-5H,13H2,1H3. The van der Waals surface area contributed by atoms with E-state index < -0.39 is 0 Å². The summed E-state index contributed by atoms with van der Waals surface area (Å²) in [5.41, 5.74) is 6.76. The van der Waals surface area contributed by atoms with E-state index in [9.17, 15) is 0 Å². The average Bonchev–Trinajstić information content (AvgIpc) is 2.70. The smallest absolute Gasteiger partial charge is 0.148 e. The van der Waals surface area contributed by atoms with Crippen LogP contribution in [0.25, 0.3) is 10.6 Å². The van der Waals surface area contributed by atoms with Crippen LogP contribution in [0.5, 0.6) is 0 Å². The maximum Gasteiger partial charge on any atom is 0.148 e. The average molecular weight is 366 g/mol. The van der Waals surface area contributed by atoms with Crippen LogP contribution in [0, 0.1) is 3.57 Å². The summed E-state index contributed by atoms with van der Waals surface area (Å²) in [6, 6.07) is 5.64. The minimum atomic E-state index is -0.0805. The molecule has 84 valence electrons. The van der Waals surface area contributed by atoms with Crippen molar-refractivity contribution < 1.29 is 0 Å². The molecule has 0 radical (unpaired) electrons. The molecule has 0 aliphatic heterocycles. The van der Waals surface area contributed by atoms with E-state index in [1.54, 1.807) is 0 Å². The molecule has 16 heavy (non-hydrogen) atoms. The van der Waals surface area contributed by atoms with Gasteiger partial charge in [-0.25, -0.2) is 0 Å². The van der Waals surface area contributed by atoms with Gasteiger partial charge in [0.05, 0.1) is 6.04 Å². The molecule has 2 N–H and O–H groups in total. The summed E-state index contributed by atoms with van der Waals surface area (Å²) in [4.78, 5) is 0. The van der Waals surface area contributed by atoms with Crippen molar-refractivity contribution in [1.82, 2.24) is 10.2 Å². The van der Waals surface area contributed by atoms with E-state index in [0.29, 0.717) is 5.02 Å². The maximum absolute atomic E-state index is 5.96. The third-order valence-corrected chi connectivity index (χ3v) is 4.32. The van der Waals surface area contributed by atoms with E-state index >= 15 is 0 Å². The summed E-state index contributed by atoms with van der Waals surface area (Å²) < 4.78 is 1.11. The van der Waals surface area contributed by atoms with E-state index in [4.69, 9.17) is 17.3 Å². The molecule has 1 unspecified atom stereocenters. The van der Waals surface area contributed by atoms with Gasteiger partial charge in [0.2, 0.25) is 0 Å². The van der Waals surface area contributed by atoms with E-state index in [1.807, 2.05) is 25.1 Å². The molecule has 0 spiro atoms. The van der Waals surface area contributed by atoms with Gasteiger partial charge in [0.1, 0.15) is 10.0 Å². The fraction of sp³-hybridized carbons (Fsp3) is 0.200. The van der Waals surface area contributed by atoms with Crippen molar-refractivity contribution in [2.24, 2.45) is 5.73 Å². The van der Waals surface area contributed by atoms with Crippen molar-refractivity contribution in [3.63, 3.8) is 0 Å². The van der Waals surface area contributed by atoms with Crippen molar-refractivity contribution in [1.29, 1.82) is 0 Å². The molecule has 0 fully saturated rings. The summed E-state index contributed by atoms with van der Waals surface area (Å²) in [5, 5.41) is 10.6. The number of hydrogen-bond acceptors (Lipinski definition) is 4. The quantitative estimate of drug-likeness (QED) is 0.829. The van der Waals surface area contributed by atoms with Gasteiger partial charge in [-0.05, 0) is 47.7 Å². The van der Waals surface area contributed by atoms with Crippen LogP contribution in [-0.4, -0.2) is 10.2 Å². The van der Waals surface area contributed by atoms with Crippen LogP contribution in [0.15, 0.2) is 18.2 Å². The van der Waals surface area contributed by atoms with Crippen molar-refractivity contribution in [2.45, 2.75) is 13.0 Å². The number of nitrogens with two attached hydrogens (primary N) is 1. The van der Waals surface area contributed by atoms with Crippen LogP contribution in [-0.2, 0) is 0 Å². The number of hydrogen-bond donors (Lipinski definition) is 1. The van der Waals surface area contributed by atoms with Gasteiger partial charge in [-0.1, -0.05) is 22.9 Å². The van der Waals surface area contributed by atoms with Crippen LogP contribution in [0.1, 0.15) is 18.0 Å².